The normalized spacial score (nSPS) is 15.4. The fraction of sp³-hybridized carbons (Fsp3) is 0.0208. The zero-order chi connectivity index (χ0) is 35.5. The summed E-state index contributed by atoms with van der Waals surface area (Å²) in [5.41, 5.74) is 13.1. The summed E-state index contributed by atoms with van der Waals surface area (Å²) in [6.07, 6.45) is 3.88. The van der Waals surface area contributed by atoms with Crippen molar-refractivity contribution in [2.24, 2.45) is 0 Å². The maximum atomic E-state index is 7.71. The van der Waals surface area contributed by atoms with Crippen LogP contribution in [0.3, 0.4) is 0 Å². The Labute approximate surface area is 314 Å². The van der Waals surface area contributed by atoms with E-state index in [9.17, 15) is 0 Å². The third-order valence-corrected chi connectivity index (χ3v) is 12.6. The van der Waals surface area contributed by atoms with Crippen molar-refractivity contribution in [1.29, 1.82) is 0 Å². The van der Waals surface area contributed by atoms with E-state index in [1.54, 1.807) is 0 Å². The van der Waals surface area contributed by atoms with Crippen LogP contribution >= 0.6 is 11.8 Å². The van der Waals surface area contributed by atoms with Gasteiger partial charge in [-0.1, -0.05) is 96.7 Å². The number of nitrogens with zero attached hydrogens (tertiary/aromatic N) is 5. The van der Waals surface area contributed by atoms with Crippen LogP contribution in [0.25, 0.3) is 71.2 Å². The van der Waals surface area contributed by atoms with Gasteiger partial charge in [0.25, 0.3) is 0 Å². The van der Waals surface area contributed by atoms with Gasteiger partial charge in [0.2, 0.25) is 0 Å². The monoisotopic (exact) mass is 705 g/mol. The number of para-hydroxylation sites is 3. The summed E-state index contributed by atoms with van der Waals surface area (Å²) in [6.45, 7) is 7.71. The molecule has 12 rings (SSSR count). The lowest BCUT2D eigenvalue weighted by molar-refractivity contribution is 0.717. The Morgan fingerprint density at radius 1 is 0.481 bits per heavy atom. The summed E-state index contributed by atoms with van der Waals surface area (Å²) in [5, 5.41) is 4.65. The fourth-order valence-electron chi connectivity index (χ4n) is 9.35. The van der Waals surface area contributed by atoms with E-state index in [-0.39, 0.29) is 0 Å². The molecule has 4 aromatic heterocycles. The molecule has 0 bridgehead atoms. The molecule has 6 heteroatoms. The lowest BCUT2D eigenvalue weighted by atomic mass is 9.67. The number of benzene rings is 6. The van der Waals surface area contributed by atoms with E-state index in [0.29, 0.717) is 5.69 Å². The van der Waals surface area contributed by atoms with Gasteiger partial charge in [-0.3, -0.25) is 9.97 Å². The largest absolute Gasteiger partial charge is 0.309 e. The molecule has 1 aliphatic carbocycles. The van der Waals surface area contributed by atoms with E-state index in [2.05, 4.69) is 154 Å². The van der Waals surface area contributed by atoms with Crippen LogP contribution in [-0.4, -0.2) is 19.1 Å². The molecule has 10 aromatic rings. The Morgan fingerprint density at radius 3 is 1.83 bits per heavy atom. The highest BCUT2D eigenvalue weighted by Crippen LogP contribution is 2.62. The Kier molecular flexibility index (Phi) is 5.92. The summed E-state index contributed by atoms with van der Waals surface area (Å²) in [4.78, 5) is 16.6. The maximum Gasteiger partial charge on any atom is 0.188 e. The quantitative estimate of drug-likeness (QED) is 0.168. The van der Waals surface area contributed by atoms with Crippen molar-refractivity contribution in [2.45, 2.75) is 15.2 Å². The van der Waals surface area contributed by atoms with Crippen LogP contribution in [0.2, 0.25) is 0 Å². The van der Waals surface area contributed by atoms with E-state index in [1.165, 1.54) is 42.7 Å². The number of rotatable bonds is 2. The summed E-state index contributed by atoms with van der Waals surface area (Å²) in [5.74, 6) is 0. The van der Waals surface area contributed by atoms with Gasteiger partial charge in [-0.05, 0) is 88.8 Å². The average Bonchev–Trinajstić information content (AvgIpc) is 3.85. The van der Waals surface area contributed by atoms with Crippen LogP contribution in [0, 0.1) is 6.57 Å². The van der Waals surface area contributed by atoms with Gasteiger partial charge in [0.05, 0.1) is 57.3 Å². The molecule has 250 valence electrons. The van der Waals surface area contributed by atoms with E-state index in [1.807, 2.05) is 36.3 Å². The first kappa shape index (κ1) is 29.6. The van der Waals surface area contributed by atoms with Crippen LogP contribution in [0.15, 0.2) is 174 Å². The minimum atomic E-state index is -0.677. The van der Waals surface area contributed by atoms with E-state index in [0.717, 1.165) is 55.7 Å². The second-order valence-corrected chi connectivity index (χ2v) is 15.1. The van der Waals surface area contributed by atoms with Crippen LogP contribution in [0.1, 0.15) is 22.3 Å². The lowest BCUT2D eigenvalue weighted by Gasteiger charge is -2.39. The molecule has 0 radical (unpaired) electrons. The molecule has 1 unspecified atom stereocenters. The van der Waals surface area contributed by atoms with Crippen molar-refractivity contribution < 1.29 is 0 Å². The number of pyridine rings is 2. The Balaban J connectivity index is 1.19. The molecule has 2 aliphatic rings. The molecular weight excluding hydrogens is 679 g/mol. The molecule has 0 amide bonds. The first-order valence-electron chi connectivity index (χ1n) is 18.0. The molecule has 54 heavy (non-hydrogen) atoms. The van der Waals surface area contributed by atoms with Crippen molar-refractivity contribution in [2.75, 3.05) is 0 Å². The Bertz CT molecular complexity index is 3240. The van der Waals surface area contributed by atoms with Crippen LogP contribution in [0.5, 0.6) is 0 Å². The third-order valence-electron chi connectivity index (χ3n) is 11.5. The molecule has 0 saturated carbocycles. The topological polar surface area (TPSA) is 40.0 Å². The molecule has 5 heterocycles. The number of hydrogen-bond acceptors (Lipinski definition) is 3. The summed E-state index contributed by atoms with van der Waals surface area (Å²) < 4.78 is 4.71. The van der Waals surface area contributed by atoms with Gasteiger partial charge in [0.15, 0.2) is 5.69 Å². The van der Waals surface area contributed by atoms with Crippen LogP contribution in [0.4, 0.5) is 5.69 Å². The molecular formula is C48H27N5S. The highest BCUT2D eigenvalue weighted by atomic mass is 32.2. The van der Waals surface area contributed by atoms with E-state index >= 15 is 0 Å². The summed E-state index contributed by atoms with van der Waals surface area (Å²) >= 11 is 1.84. The average molecular weight is 706 g/mol. The molecule has 1 aliphatic heterocycles. The van der Waals surface area contributed by atoms with Gasteiger partial charge < -0.3 is 9.13 Å². The molecule has 0 saturated heterocycles. The predicted octanol–water partition coefficient (Wildman–Crippen LogP) is 12.0. The second-order valence-electron chi connectivity index (χ2n) is 14.1. The van der Waals surface area contributed by atoms with Gasteiger partial charge >= 0.3 is 0 Å². The van der Waals surface area contributed by atoms with Crippen molar-refractivity contribution >= 4 is 61.1 Å². The Morgan fingerprint density at radius 2 is 1.07 bits per heavy atom. The third kappa shape index (κ3) is 3.73. The van der Waals surface area contributed by atoms with Gasteiger partial charge in [-0.2, -0.15) is 0 Å². The minimum Gasteiger partial charge on any atom is -0.309 e. The first-order valence-corrected chi connectivity index (χ1v) is 18.8. The van der Waals surface area contributed by atoms with Crippen molar-refractivity contribution in [1.82, 2.24) is 19.1 Å². The highest BCUT2D eigenvalue weighted by molar-refractivity contribution is 7.99. The first-order chi connectivity index (χ1) is 26.7. The van der Waals surface area contributed by atoms with Gasteiger partial charge in [0.1, 0.15) is 0 Å². The summed E-state index contributed by atoms with van der Waals surface area (Å²) in [6, 6.07) is 54.3. The molecule has 1 atom stereocenters. The molecule has 0 N–H and O–H groups in total. The molecule has 1 spiro atoms. The highest BCUT2D eigenvalue weighted by Gasteiger charge is 2.52. The smallest absolute Gasteiger partial charge is 0.188 e. The van der Waals surface area contributed by atoms with E-state index < -0.39 is 5.41 Å². The van der Waals surface area contributed by atoms with Gasteiger partial charge in [0, 0.05) is 43.4 Å². The minimum absolute atomic E-state index is 0.630. The van der Waals surface area contributed by atoms with Crippen LogP contribution in [-0.2, 0) is 5.41 Å². The predicted molar refractivity (Wildman–Crippen MR) is 218 cm³/mol. The molecule has 6 aromatic carbocycles. The van der Waals surface area contributed by atoms with Crippen molar-refractivity contribution in [3.05, 3.63) is 198 Å². The van der Waals surface area contributed by atoms with Crippen LogP contribution < -0.4 is 0 Å². The standard InChI is InChI=1S/C48H27N5S/c1-49-29-20-22-43-35(25-29)34-13-4-8-18-42(34)53(43)31-27-39-47(51-28-31)46-37(15-10-24-50-46)48(39)36-14-5-9-19-44(36)54-45-23-21-30(26-38(45)48)52-40-16-6-2-11-32(40)33-12-3-7-17-41(33)52/h2-28H. The second kappa shape index (κ2) is 10.8. The Hall–Kier alpha value is -6.94. The van der Waals surface area contributed by atoms with E-state index in [4.69, 9.17) is 16.5 Å². The van der Waals surface area contributed by atoms with Crippen molar-refractivity contribution in [3.8, 4) is 22.8 Å². The van der Waals surface area contributed by atoms with Gasteiger partial charge in [-0.25, -0.2) is 4.85 Å². The summed E-state index contributed by atoms with van der Waals surface area (Å²) in [7, 11) is 0. The maximum absolute atomic E-state index is 7.71. The number of fused-ring (bicyclic) bond motifs is 15. The zero-order valence-electron chi connectivity index (χ0n) is 28.7. The molecule has 5 nitrogen and oxygen atoms in total. The fourth-order valence-corrected chi connectivity index (χ4v) is 10.5. The van der Waals surface area contributed by atoms with Gasteiger partial charge in [-0.15, -0.1) is 0 Å². The number of aromatic nitrogens is 4. The lowest BCUT2D eigenvalue weighted by Crippen LogP contribution is -2.32. The zero-order valence-corrected chi connectivity index (χ0v) is 29.5. The molecule has 0 fully saturated rings. The van der Waals surface area contributed by atoms with Crippen molar-refractivity contribution in [3.63, 3.8) is 0 Å². The number of hydrogen-bond donors (Lipinski definition) is 0. The SMILES string of the molecule is [C-]#[N+]c1ccc2c(c1)c1ccccc1n2-c1cnc2c(c1)C1(c3ccccc3Sc3ccc(-n4c5ccccc5c5ccccc54)cc31)c1cccnc1-2.